The van der Waals surface area contributed by atoms with E-state index in [-0.39, 0.29) is 17.7 Å². The minimum Gasteiger partial charge on any atom is -0.489 e. The quantitative estimate of drug-likeness (QED) is 0.190. The number of rotatable bonds is 8. The van der Waals surface area contributed by atoms with Crippen LogP contribution < -0.4 is 19.6 Å². The Balaban J connectivity index is 1.48. The number of halogens is 2. The third kappa shape index (κ3) is 6.00. The van der Waals surface area contributed by atoms with E-state index in [1.165, 1.54) is 28.0 Å². The van der Waals surface area contributed by atoms with Crippen LogP contribution in [0.15, 0.2) is 118 Å². The van der Waals surface area contributed by atoms with E-state index in [0.717, 1.165) is 11.1 Å². The Morgan fingerprint density at radius 2 is 1.75 bits per heavy atom. The number of ether oxygens (including phenoxy) is 2. The Hall–Kier alpha value is -4.79. The van der Waals surface area contributed by atoms with Gasteiger partial charge in [0.15, 0.2) is 4.80 Å². The molecule has 0 aliphatic carbocycles. The van der Waals surface area contributed by atoms with Crippen molar-refractivity contribution in [3.63, 3.8) is 0 Å². The van der Waals surface area contributed by atoms with Gasteiger partial charge >= 0.3 is 5.97 Å². The number of carbonyl (C=O) groups is 1. The molecule has 0 saturated heterocycles. The lowest BCUT2D eigenvalue weighted by molar-refractivity contribution is -0.138. The molecule has 1 aliphatic rings. The molecule has 4 aromatic carbocycles. The molecule has 0 saturated carbocycles. The first kappa shape index (κ1) is 29.3. The van der Waals surface area contributed by atoms with Crippen molar-refractivity contribution in [3.8, 4) is 5.75 Å². The maximum absolute atomic E-state index is 14.1. The fourth-order valence-electron chi connectivity index (χ4n) is 5.02. The highest BCUT2D eigenvalue weighted by Gasteiger charge is 2.35. The first-order valence-electron chi connectivity index (χ1n) is 13.9. The maximum Gasteiger partial charge on any atom is 0.338 e. The summed E-state index contributed by atoms with van der Waals surface area (Å²) in [7, 11) is 0. The normalized spacial score (nSPS) is 14.6. The number of benzene rings is 4. The molecule has 0 fully saturated rings. The number of aromatic nitrogens is 1. The van der Waals surface area contributed by atoms with Crippen LogP contribution >= 0.6 is 22.9 Å². The minimum absolute atomic E-state index is 0.139. The number of esters is 1. The summed E-state index contributed by atoms with van der Waals surface area (Å²) in [5.74, 6) is -0.406. The average molecular weight is 625 g/mol. The van der Waals surface area contributed by atoms with Gasteiger partial charge in [-0.1, -0.05) is 95.7 Å². The molecule has 2 heterocycles. The van der Waals surface area contributed by atoms with Crippen molar-refractivity contribution in [2.24, 2.45) is 4.99 Å². The van der Waals surface area contributed by atoms with Gasteiger partial charge in [0.1, 0.15) is 18.2 Å². The SMILES string of the molecule is CCOC(=O)C1=C(c2ccccc2)N=c2s/c(=C/c3cccc(OCc4ccccc4Cl)c3)c(=O)n2[C@@H]1c1ccc(F)cc1. The molecule has 0 N–H and O–H groups in total. The fraction of sp³-hybridized carbons (Fsp3) is 0.114. The van der Waals surface area contributed by atoms with Gasteiger partial charge in [-0.15, -0.1) is 0 Å². The fourth-order valence-corrected chi connectivity index (χ4v) is 6.21. The third-order valence-electron chi connectivity index (χ3n) is 7.07. The largest absolute Gasteiger partial charge is 0.489 e. The van der Waals surface area contributed by atoms with Crippen LogP contribution in [0.1, 0.15) is 35.2 Å². The van der Waals surface area contributed by atoms with E-state index in [0.29, 0.717) is 43.5 Å². The van der Waals surface area contributed by atoms with E-state index in [1.54, 1.807) is 25.1 Å². The van der Waals surface area contributed by atoms with Crippen LogP contribution in [0.2, 0.25) is 5.02 Å². The zero-order chi connectivity index (χ0) is 30.6. The predicted molar refractivity (Wildman–Crippen MR) is 170 cm³/mol. The van der Waals surface area contributed by atoms with Crippen LogP contribution in [0.25, 0.3) is 11.8 Å². The van der Waals surface area contributed by atoms with Crippen LogP contribution in [-0.2, 0) is 16.1 Å². The lowest BCUT2D eigenvalue weighted by Gasteiger charge is -2.25. The van der Waals surface area contributed by atoms with Gasteiger partial charge < -0.3 is 9.47 Å². The van der Waals surface area contributed by atoms with Crippen molar-refractivity contribution >= 4 is 40.7 Å². The van der Waals surface area contributed by atoms with Gasteiger partial charge in [-0.2, -0.15) is 0 Å². The van der Waals surface area contributed by atoms with Crippen molar-refractivity contribution in [1.29, 1.82) is 0 Å². The molecule has 0 radical (unpaired) electrons. The van der Waals surface area contributed by atoms with Crippen molar-refractivity contribution in [2.45, 2.75) is 19.6 Å². The summed E-state index contributed by atoms with van der Waals surface area (Å²) in [6.45, 7) is 2.15. The lowest BCUT2D eigenvalue weighted by Crippen LogP contribution is -2.40. The van der Waals surface area contributed by atoms with Gasteiger partial charge in [-0.05, 0) is 54.5 Å². The van der Waals surface area contributed by atoms with Crippen molar-refractivity contribution in [2.75, 3.05) is 6.61 Å². The highest BCUT2D eigenvalue weighted by molar-refractivity contribution is 7.07. The molecule has 1 atom stereocenters. The molecular weight excluding hydrogens is 599 g/mol. The summed E-state index contributed by atoms with van der Waals surface area (Å²) >= 11 is 7.49. The summed E-state index contributed by atoms with van der Waals surface area (Å²) in [6.07, 6.45) is 1.77. The maximum atomic E-state index is 14.1. The van der Waals surface area contributed by atoms with Crippen molar-refractivity contribution in [3.05, 3.63) is 161 Å². The molecular formula is C35H26ClFN2O4S. The Morgan fingerprint density at radius 1 is 1.00 bits per heavy atom. The van der Waals surface area contributed by atoms with Crippen LogP contribution in [0.3, 0.4) is 0 Å². The molecule has 6 rings (SSSR count). The lowest BCUT2D eigenvalue weighted by atomic mass is 9.93. The first-order chi connectivity index (χ1) is 21.4. The van der Waals surface area contributed by atoms with E-state index in [9.17, 15) is 14.0 Å². The highest BCUT2D eigenvalue weighted by atomic mass is 35.5. The standard InChI is InChI=1S/C35H26ClFN2O4S/c1-2-42-34(41)30-31(23-10-4-3-5-11-23)38-35-39(32(30)24-15-17-26(37)18-16-24)33(40)29(44-35)20-22-9-8-13-27(19-22)43-21-25-12-6-7-14-28(25)36/h3-20,32H,2,21H2,1H3/b29-20+/t32-/m1/s1. The summed E-state index contributed by atoms with van der Waals surface area (Å²) in [6, 6.07) is 29.0. The number of fused-ring (bicyclic) bond motifs is 1. The molecule has 6 nitrogen and oxygen atoms in total. The Kier molecular flexibility index (Phi) is 8.54. The van der Waals surface area contributed by atoms with E-state index < -0.39 is 17.8 Å². The average Bonchev–Trinajstić information content (AvgIpc) is 3.35. The summed E-state index contributed by atoms with van der Waals surface area (Å²) in [4.78, 5) is 32.8. The van der Waals surface area contributed by atoms with Crippen LogP contribution in [-0.4, -0.2) is 17.1 Å². The second-order valence-corrected chi connectivity index (χ2v) is 11.4. The number of hydrogen-bond donors (Lipinski definition) is 0. The zero-order valence-electron chi connectivity index (χ0n) is 23.6. The van der Waals surface area contributed by atoms with E-state index in [1.807, 2.05) is 78.9 Å². The molecule has 5 aromatic rings. The van der Waals surface area contributed by atoms with E-state index >= 15 is 0 Å². The molecule has 0 bridgehead atoms. The monoisotopic (exact) mass is 624 g/mol. The molecule has 1 aliphatic heterocycles. The number of thiazole rings is 1. The molecule has 0 amide bonds. The van der Waals surface area contributed by atoms with Gasteiger partial charge in [-0.25, -0.2) is 14.2 Å². The van der Waals surface area contributed by atoms with Gasteiger partial charge in [0, 0.05) is 16.1 Å². The number of carbonyl (C=O) groups excluding carboxylic acids is 1. The van der Waals surface area contributed by atoms with Gasteiger partial charge in [0.05, 0.1) is 28.5 Å². The molecule has 44 heavy (non-hydrogen) atoms. The van der Waals surface area contributed by atoms with Gasteiger partial charge in [0.25, 0.3) is 5.56 Å². The topological polar surface area (TPSA) is 69.9 Å². The van der Waals surface area contributed by atoms with E-state index in [4.69, 9.17) is 26.1 Å². The van der Waals surface area contributed by atoms with Crippen molar-refractivity contribution < 1.29 is 18.7 Å². The Labute approximate surface area is 261 Å². The highest BCUT2D eigenvalue weighted by Crippen LogP contribution is 2.35. The molecule has 0 spiro atoms. The predicted octanol–water partition coefficient (Wildman–Crippen LogP) is 6.31. The van der Waals surface area contributed by atoms with Gasteiger partial charge in [-0.3, -0.25) is 9.36 Å². The molecule has 9 heteroatoms. The van der Waals surface area contributed by atoms with Crippen LogP contribution in [0.5, 0.6) is 5.75 Å². The molecule has 220 valence electrons. The van der Waals surface area contributed by atoms with Crippen LogP contribution in [0, 0.1) is 5.82 Å². The van der Waals surface area contributed by atoms with Gasteiger partial charge in [0.2, 0.25) is 0 Å². The second-order valence-electron chi connectivity index (χ2n) is 9.94. The zero-order valence-corrected chi connectivity index (χ0v) is 25.1. The summed E-state index contributed by atoms with van der Waals surface area (Å²) < 4.78 is 27.3. The van der Waals surface area contributed by atoms with E-state index in [2.05, 4.69) is 0 Å². The Bertz CT molecular complexity index is 2050. The molecule has 1 aromatic heterocycles. The van der Waals surface area contributed by atoms with Crippen LogP contribution in [0.4, 0.5) is 4.39 Å². The third-order valence-corrected chi connectivity index (χ3v) is 8.42. The summed E-state index contributed by atoms with van der Waals surface area (Å²) in [5.41, 5.74) is 3.14. The van der Waals surface area contributed by atoms with Crippen molar-refractivity contribution in [1.82, 2.24) is 4.57 Å². The number of nitrogens with zero attached hydrogens (tertiary/aromatic N) is 2. The molecule has 0 unspecified atom stereocenters. The Morgan fingerprint density at radius 3 is 2.50 bits per heavy atom. The minimum atomic E-state index is -0.881. The smallest absolute Gasteiger partial charge is 0.338 e. The second kappa shape index (κ2) is 12.8. The number of hydrogen-bond acceptors (Lipinski definition) is 6. The summed E-state index contributed by atoms with van der Waals surface area (Å²) in [5, 5.41) is 0.623. The first-order valence-corrected chi connectivity index (χ1v) is 15.1.